The van der Waals surface area contributed by atoms with Crippen LogP contribution in [0.4, 0.5) is 4.79 Å². The summed E-state index contributed by atoms with van der Waals surface area (Å²) in [5.74, 6) is 1.14. The average molecular weight is 337 g/mol. The fraction of sp³-hybridized carbons (Fsp3) is 0.765. The van der Waals surface area contributed by atoms with E-state index in [0.717, 1.165) is 23.8 Å². The van der Waals surface area contributed by atoms with Gasteiger partial charge in [-0.05, 0) is 53.4 Å². The predicted octanol–water partition coefficient (Wildman–Crippen LogP) is 3.28. The van der Waals surface area contributed by atoms with Crippen molar-refractivity contribution in [3.8, 4) is 0 Å². The van der Waals surface area contributed by atoms with Gasteiger partial charge in [0.05, 0.1) is 10.7 Å². The van der Waals surface area contributed by atoms with Crippen molar-refractivity contribution in [3.05, 3.63) is 15.6 Å². The molecule has 128 valence electrons. The number of aryl methyl sites for hydroxylation is 2. The number of aromatic nitrogens is 1. The third-order valence-electron chi connectivity index (χ3n) is 4.62. The SMILES string of the molecule is Cc1nc(C)c(C(C)NC2C3CN(C(=O)OC(C)(C)C)CC32)s1. The zero-order chi connectivity index (χ0) is 16.9. The van der Waals surface area contributed by atoms with Crippen molar-refractivity contribution in [1.82, 2.24) is 15.2 Å². The lowest BCUT2D eigenvalue weighted by Crippen LogP contribution is -2.39. The number of likely N-dealkylation sites (tertiary alicyclic amines) is 1. The molecule has 1 aliphatic heterocycles. The molecule has 1 saturated carbocycles. The number of nitrogens with zero attached hydrogens (tertiary/aromatic N) is 2. The Morgan fingerprint density at radius 2 is 1.96 bits per heavy atom. The smallest absolute Gasteiger partial charge is 0.410 e. The van der Waals surface area contributed by atoms with Crippen molar-refractivity contribution >= 4 is 17.4 Å². The molecule has 2 aliphatic rings. The van der Waals surface area contributed by atoms with Crippen molar-refractivity contribution in [3.63, 3.8) is 0 Å². The number of fused-ring (bicyclic) bond motifs is 1. The minimum absolute atomic E-state index is 0.176. The molecule has 3 rings (SSSR count). The Morgan fingerprint density at radius 1 is 1.35 bits per heavy atom. The summed E-state index contributed by atoms with van der Waals surface area (Å²) in [7, 11) is 0. The molecular formula is C17H27N3O2S. The maximum atomic E-state index is 12.1. The first-order chi connectivity index (χ1) is 10.7. The van der Waals surface area contributed by atoms with Crippen LogP contribution in [0.25, 0.3) is 0 Å². The molecule has 0 bridgehead atoms. The van der Waals surface area contributed by atoms with Gasteiger partial charge in [-0.1, -0.05) is 0 Å². The van der Waals surface area contributed by atoms with Crippen LogP contribution in [0.1, 0.15) is 49.3 Å². The van der Waals surface area contributed by atoms with E-state index in [4.69, 9.17) is 4.74 Å². The maximum absolute atomic E-state index is 12.1. The Bertz CT molecular complexity index is 595. The molecular weight excluding hydrogens is 310 g/mol. The Kier molecular flexibility index (Phi) is 4.17. The zero-order valence-corrected chi connectivity index (χ0v) is 15.7. The second-order valence-corrected chi connectivity index (χ2v) is 9.04. The Morgan fingerprint density at radius 3 is 2.43 bits per heavy atom. The van der Waals surface area contributed by atoms with Gasteiger partial charge in [0.2, 0.25) is 0 Å². The van der Waals surface area contributed by atoms with Gasteiger partial charge in [-0.25, -0.2) is 9.78 Å². The monoisotopic (exact) mass is 337 g/mol. The molecule has 1 amide bonds. The van der Waals surface area contributed by atoms with Crippen LogP contribution in [0.2, 0.25) is 0 Å². The van der Waals surface area contributed by atoms with Crippen LogP contribution in [-0.4, -0.2) is 40.7 Å². The van der Waals surface area contributed by atoms with E-state index in [0.29, 0.717) is 23.9 Å². The van der Waals surface area contributed by atoms with Crippen LogP contribution >= 0.6 is 11.3 Å². The van der Waals surface area contributed by atoms with Crippen molar-refractivity contribution < 1.29 is 9.53 Å². The van der Waals surface area contributed by atoms with E-state index in [1.54, 1.807) is 11.3 Å². The fourth-order valence-corrected chi connectivity index (χ4v) is 4.50. The number of amides is 1. The lowest BCUT2D eigenvalue weighted by molar-refractivity contribution is 0.0269. The number of thiazole rings is 1. The topological polar surface area (TPSA) is 54.5 Å². The third kappa shape index (κ3) is 3.53. The first-order valence-electron chi connectivity index (χ1n) is 8.33. The molecule has 3 unspecified atom stereocenters. The van der Waals surface area contributed by atoms with Crippen molar-refractivity contribution in [2.75, 3.05) is 13.1 Å². The summed E-state index contributed by atoms with van der Waals surface area (Å²) in [6.07, 6.45) is -0.176. The summed E-state index contributed by atoms with van der Waals surface area (Å²) in [5.41, 5.74) is 0.714. The molecule has 0 aromatic carbocycles. The molecule has 3 atom stereocenters. The molecule has 1 aliphatic carbocycles. The van der Waals surface area contributed by atoms with Gasteiger partial charge in [0.1, 0.15) is 5.60 Å². The number of piperidine rings is 1. The molecule has 5 nitrogen and oxygen atoms in total. The maximum Gasteiger partial charge on any atom is 0.410 e. The normalized spacial score (nSPS) is 27.7. The van der Waals surface area contributed by atoms with Crippen LogP contribution < -0.4 is 5.32 Å². The number of rotatable bonds is 3. The minimum Gasteiger partial charge on any atom is -0.444 e. The molecule has 2 heterocycles. The second kappa shape index (κ2) is 5.74. The van der Waals surface area contributed by atoms with E-state index in [9.17, 15) is 4.79 Å². The number of ether oxygens (including phenoxy) is 1. The number of hydrogen-bond donors (Lipinski definition) is 1. The standard InChI is InChI=1S/C17H27N3O2S/c1-9-15(23-11(3)18-9)10(2)19-14-12-7-20(8-13(12)14)16(21)22-17(4,5)6/h10,12-14,19H,7-8H2,1-6H3. The highest BCUT2D eigenvalue weighted by Crippen LogP contribution is 2.47. The summed E-state index contributed by atoms with van der Waals surface area (Å²) in [6.45, 7) is 13.7. The van der Waals surface area contributed by atoms with E-state index in [2.05, 4.69) is 31.1 Å². The van der Waals surface area contributed by atoms with E-state index in [1.807, 2.05) is 25.7 Å². The highest BCUT2D eigenvalue weighted by Gasteiger charge is 2.57. The van der Waals surface area contributed by atoms with E-state index in [1.165, 1.54) is 4.88 Å². The van der Waals surface area contributed by atoms with E-state index < -0.39 is 5.60 Å². The van der Waals surface area contributed by atoms with Gasteiger partial charge in [0.15, 0.2) is 0 Å². The van der Waals surface area contributed by atoms with Gasteiger partial charge in [0.25, 0.3) is 0 Å². The van der Waals surface area contributed by atoms with Crippen LogP contribution in [-0.2, 0) is 4.74 Å². The van der Waals surface area contributed by atoms with Gasteiger partial charge >= 0.3 is 6.09 Å². The van der Waals surface area contributed by atoms with Crippen molar-refractivity contribution in [2.24, 2.45) is 11.8 Å². The van der Waals surface area contributed by atoms with Gasteiger partial charge in [-0.3, -0.25) is 0 Å². The van der Waals surface area contributed by atoms with Gasteiger partial charge in [0, 0.05) is 30.1 Å². The molecule has 1 N–H and O–H groups in total. The highest BCUT2D eigenvalue weighted by molar-refractivity contribution is 7.11. The first kappa shape index (κ1) is 16.7. The van der Waals surface area contributed by atoms with Crippen LogP contribution in [0.15, 0.2) is 0 Å². The number of nitrogens with one attached hydrogen (secondary N) is 1. The van der Waals surface area contributed by atoms with E-state index in [-0.39, 0.29) is 6.09 Å². The van der Waals surface area contributed by atoms with Crippen LogP contribution in [0.5, 0.6) is 0 Å². The molecule has 23 heavy (non-hydrogen) atoms. The average Bonchev–Trinajstić information content (AvgIpc) is 2.77. The Balaban J connectivity index is 1.51. The predicted molar refractivity (Wildman–Crippen MR) is 91.7 cm³/mol. The highest BCUT2D eigenvalue weighted by atomic mass is 32.1. The summed E-state index contributed by atoms with van der Waals surface area (Å²) < 4.78 is 5.45. The summed E-state index contributed by atoms with van der Waals surface area (Å²) >= 11 is 1.77. The van der Waals surface area contributed by atoms with Crippen molar-refractivity contribution in [1.29, 1.82) is 0 Å². The number of hydrogen-bond acceptors (Lipinski definition) is 5. The van der Waals surface area contributed by atoms with Gasteiger partial charge in [-0.15, -0.1) is 11.3 Å². The van der Waals surface area contributed by atoms with Crippen LogP contribution in [0.3, 0.4) is 0 Å². The molecule has 6 heteroatoms. The second-order valence-electron chi connectivity index (χ2n) is 7.81. The molecule has 1 aromatic heterocycles. The zero-order valence-electron chi connectivity index (χ0n) is 14.8. The third-order valence-corrected chi connectivity index (χ3v) is 5.88. The fourth-order valence-electron chi connectivity index (χ4n) is 3.56. The molecule has 0 radical (unpaired) electrons. The first-order valence-corrected chi connectivity index (χ1v) is 9.15. The molecule has 0 spiro atoms. The lowest BCUT2D eigenvalue weighted by Gasteiger charge is -2.26. The molecule has 2 fully saturated rings. The summed E-state index contributed by atoms with van der Waals surface area (Å²) in [5, 5.41) is 4.85. The summed E-state index contributed by atoms with van der Waals surface area (Å²) in [6, 6.07) is 0.845. The van der Waals surface area contributed by atoms with Crippen LogP contribution in [0, 0.1) is 25.7 Å². The largest absolute Gasteiger partial charge is 0.444 e. The minimum atomic E-state index is -0.419. The Hall–Kier alpha value is -1.14. The quantitative estimate of drug-likeness (QED) is 0.920. The van der Waals surface area contributed by atoms with Crippen molar-refractivity contribution in [2.45, 2.75) is 59.2 Å². The number of carbonyl (C=O) groups excluding carboxylic acids is 1. The van der Waals surface area contributed by atoms with Gasteiger partial charge < -0.3 is 15.0 Å². The number of carbonyl (C=O) groups is 1. The van der Waals surface area contributed by atoms with Gasteiger partial charge in [-0.2, -0.15) is 0 Å². The van der Waals surface area contributed by atoms with E-state index >= 15 is 0 Å². The summed E-state index contributed by atoms with van der Waals surface area (Å²) in [4.78, 5) is 19.8. The Labute approximate surface area is 142 Å². The molecule has 1 aromatic rings. The molecule has 1 saturated heterocycles. The lowest BCUT2D eigenvalue weighted by atomic mass is 10.2.